The molecule has 1 aromatic rings. The van der Waals surface area contributed by atoms with Gasteiger partial charge in [0.05, 0.1) is 19.8 Å². The third-order valence-corrected chi connectivity index (χ3v) is 7.03. The molecule has 0 bridgehead atoms. The van der Waals surface area contributed by atoms with Crippen LogP contribution in [0.15, 0.2) is 29.2 Å². The molecular weight excluding hydrogens is 468 g/mol. The molecule has 188 valence electrons. The third kappa shape index (κ3) is 6.72. The summed E-state index contributed by atoms with van der Waals surface area (Å²) in [4.78, 5) is 1.64. The molecule has 2 fully saturated rings. The summed E-state index contributed by atoms with van der Waals surface area (Å²) >= 11 is 0. The summed E-state index contributed by atoms with van der Waals surface area (Å²) in [6.07, 6.45) is -5.38. The second kappa shape index (κ2) is 12.0. The maximum absolute atomic E-state index is 12.7. The highest BCUT2D eigenvalue weighted by Crippen LogP contribution is 2.22. The Balaban J connectivity index is 1.62. The van der Waals surface area contributed by atoms with Crippen LogP contribution in [0.2, 0.25) is 0 Å². The van der Waals surface area contributed by atoms with E-state index in [2.05, 4.69) is 10.2 Å². The predicted molar refractivity (Wildman–Crippen MR) is 122 cm³/mol. The Hall–Kier alpha value is -2.12. The molecule has 0 aromatic heterocycles. The van der Waals surface area contributed by atoms with Crippen LogP contribution < -0.4 is 10.0 Å². The zero-order valence-corrected chi connectivity index (χ0v) is 19.3. The Kier molecular flexibility index (Phi) is 9.37. The normalized spacial score (nSPS) is 28.9. The van der Waals surface area contributed by atoms with E-state index in [1.165, 1.54) is 0 Å². The smallest absolute Gasteiger partial charge is 0.251 e. The predicted octanol–water partition coefficient (Wildman–Crippen LogP) is -1.99. The molecule has 13 heteroatoms. The van der Waals surface area contributed by atoms with Crippen molar-refractivity contribution in [2.45, 2.75) is 30.6 Å². The van der Waals surface area contributed by atoms with Crippen molar-refractivity contribution in [2.24, 2.45) is 0 Å². The quantitative estimate of drug-likeness (QED) is 0.207. The molecule has 0 spiro atoms. The molecule has 0 amide bonds. The molecule has 1 unspecified atom stereocenters. The van der Waals surface area contributed by atoms with Crippen molar-refractivity contribution in [3.63, 3.8) is 0 Å². The van der Waals surface area contributed by atoms with E-state index in [1.807, 2.05) is 4.72 Å². The Labute approximate surface area is 198 Å². The van der Waals surface area contributed by atoms with Gasteiger partial charge in [0.1, 0.15) is 30.4 Å². The van der Waals surface area contributed by atoms with Gasteiger partial charge in [-0.2, -0.15) is 9.98 Å². The van der Waals surface area contributed by atoms with Crippen LogP contribution in [0.1, 0.15) is 5.56 Å². The van der Waals surface area contributed by atoms with E-state index in [-0.39, 0.29) is 0 Å². The Morgan fingerprint density at radius 2 is 1.85 bits per heavy atom. The van der Waals surface area contributed by atoms with Crippen molar-refractivity contribution in [1.82, 2.24) is 9.62 Å². The molecule has 1 aromatic carbocycles. The average Bonchev–Trinajstić information content (AvgIpc) is 2.84. The number of rotatable bonds is 9. The summed E-state index contributed by atoms with van der Waals surface area (Å²) in [6, 6.07) is 6.77. The number of aliphatic hydroxyl groups excluding tert-OH is 4. The number of allylic oxidation sites excluding steroid dienone is 1. The summed E-state index contributed by atoms with van der Waals surface area (Å²) in [5.74, 6) is 0. The topological polar surface area (TPSA) is 185 Å². The highest BCUT2D eigenvalue weighted by atomic mass is 32.2. The summed E-state index contributed by atoms with van der Waals surface area (Å²) in [7, 11) is -4.48. The van der Waals surface area contributed by atoms with Gasteiger partial charge in [-0.1, -0.05) is 12.1 Å². The fourth-order valence-corrected chi connectivity index (χ4v) is 4.82. The number of sulfonamides is 1. The molecule has 34 heavy (non-hydrogen) atoms. The maximum atomic E-state index is 12.7. The van der Waals surface area contributed by atoms with Gasteiger partial charge in [0.25, 0.3) is 10.0 Å². The second-order valence-electron chi connectivity index (χ2n) is 8.00. The third-order valence-electron chi connectivity index (χ3n) is 5.66. The van der Waals surface area contributed by atoms with Crippen LogP contribution >= 0.6 is 0 Å². The Bertz CT molecular complexity index is 975. The first-order valence-corrected chi connectivity index (χ1v) is 12.3. The minimum Gasteiger partial charge on any atom is -0.394 e. The summed E-state index contributed by atoms with van der Waals surface area (Å²) < 4.78 is 37.7. The van der Waals surface area contributed by atoms with Crippen LogP contribution in [0.25, 0.3) is 6.08 Å². The van der Waals surface area contributed by atoms with Gasteiger partial charge in [-0.25, -0.2) is 8.42 Å². The minimum atomic E-state index is -4.48. The summed E-state index contributed by atoms with van der Waals surface area (Å²) in [6.45, 7) is 4.17. The van der Waals surface area contributed by atoms with Crippen LogP contribution in [0.5, 0.6) is 0 Å². The van der Waals surface area contributed by atoms with Crippen LogP contribution in [-0.4, -0.2) is 110 Å². The molecule has 2 heterocycles. The van der Waals surface area contributed by atoms with Crippen molar-refractivity contribution >= 4 is 21.8 Å². The van der Waals surface area contributed by atoms with E-state index < -0.39 is 52.2 Å². The van der Waals surface area contributed by atoms with Gasteiger partial charge < -0.3 is 35.2 Å². The van der Waals surface area contributed by atoms with Crippen LogP contribution in [0.3, 0.4) is 0 Å². The highest BCUT2D eigenvalue weighted by Gasteiger charge is 2.45. The molecule has 12 nitrogen and oxygen atoms in total. The SMILES string of the molecule is N#C/C(=C\c1ccc(NCCN2CCOCC2)cc1)S(=O)(=O)N[C@H]1C(O)O[C@H](CO)[C@@H](O)[C@@H]1O. The van der Waals surface area contributed by atoms with E-state index in [4.69, 9.17) is 14.6 Å². The number of ether oxygens (including phenoxy) is 2. The molecule has 6 N–H and O–H groups in total. The van der Waals surface area contributed by atoms with Crippen molar-refractivity contribution in [2.75, 3.05) is 51.3 Å². The molecule has 0 radical (unpaired) electrons. The zero-order chi connectivity index (χ0) is 24.7. The van der Waals surface area contributed by atoms with Gasteiger partial charge in [0.2, 0.25) is 0 Å². The molecule has 2 aliphatic rings. The lowest BCUT2D eigenvalue weighted by Crippen LogP contribution is -2.64. The van der Waals surface area contributed by atoms with Gasteiger partial charge in [-0.3, -0.25) is 4.90 Å². The first kappa shape index (κ1) is 26.5. The molecule has 5 atom stereocenters. The number of nitrogens with one attached hydrogen (secondary N) is 2. The Morgan fingerprint density at radius 1 is 1.18 bits per heavy atom. The standard InChI is InChI=1S/C21H30N4O8S/c22-12-16(34(30,31)24-18-20(28)19(27)17(13-26)33-21(18)29)11-14-1-3-15(4-2-14)23-5-6-25-7-9-32-10-8-25/h1-4,11,17-21,23-24,26-29H,5-10,13H2/b16-11+/t17-,18-,19-,20-,21?/m1/s1. The monoisotopic (exact) mass is 498 g/mol. The number of hydrogen-bond donors (Lipinski definition) is 6. The molecule has 0 aliphatic carbocycles. The molecule has 2 saturated heterocycles. The van der Waals surface area contributed by atoms with Gasteiger partial charge in [-0.15, -0.1) is 0 Å². The van der Waals surface area contributed by atoms with Crippen molar-refractivity contribution < 1.29 is 38.3 Å². The van der Waals surface area contributed by atoms with Crippen molar-refractivity contribution in [1.29, 1.82) is 5.26 Å². The van der Waals surface area contributed by atoms with E-state index in [0.29, 0.717) is 5.56 Å². The van der Waals surface area contributed by atoms with Gasteiger partial charge in [0.15, 0.2) is 11.2 Å². The van der Waals surface area contributed by atoms with Crippen molar-refractivity contribution in [3.8, 4) is 6.07 Å². The van der Waals surface area contributed by atoms with E-state index in [1.54, 1.807) is 30.3 Å². The lowest BCUT2D eigenvalue weighted by Gasteiger charge is -2.40. The lowest BCUT2D eigenvalue weighted by atomic mass is 9.98. The summed E-state index contributed by atoms with van der Waals surface area (Å²) in [5, 5.41) is 51.9. The molecule has 0 saturated carbocycles. The molecule has 3 rings (SSSR count). The van der Waals surface area contributed by atoms with Gasteiger partial charge in [0, 0.05) is 31.9 Å². The molecular formula is C21H30N4O8S. The van der Waals surface area contributed by atoms with Gasteiger partial charge in [-0.05, 0) is 23.8 Å². The number of nitriles is 1. The lowest BCUT2D eigenvalue weighted by molar-refractivity contribution is -0.251. The molecule has 2 aliphatic heterocycles. The number of hydrogen-bond acceptors (Lipinski definition) is 11. The first-order chi connectivity index (χ1) is 16.2. The zero-order valence-electron chi connectivity index (χ0n) is 18.4. The van der Waals surface area contributed by atoms with E-state index in [9.17, 15) is 29.0 Å². The first-order valence-electron chi connectivity index (χ1n) is 10.8. The largest absolute Gasteiger partial charge is 0.394 e. The van der Waals surface area contributed by atoms with Crippen LogP contribution in [-0.2, 0) is 19.5 Å². The van der Waals surface area contributed by atoms with E-state index >= 15 is 0 Å². The maximum Gasteiger partial charge on any atom is 0.251 e. The second-order valence-corrected chi connectivity index (χ2v) is 9.68. The number of morpholine rings is 1. The minimum absolute atomic E-state index is 0.446. The highest BCUT2D eigenvalue weighted by molar-refractivity contribution is 7.93. The fraction of sp³-hybridized carbons (Fsp3) is 0.571. The Morgan fingerprint density at radius 3 is 2.47 bits per heavy atom. The average molecular weight is 499 g/mol. The number of aliphatic hydroxyl groups is 4. The number of benzene rings is 1. The summed E-state index contributed by atoms with van der Waals surface area (Å²) in [5.41, 5.74) is 1.28. The fourth-order valence-electron chi connectivity index (χ4n) is 3.67. The number of anilines is 1. The van der Waals surface area contributed by atoms with E-state index in [0.717, 1.165) is 51.2 Å². The number of nitrogens with zero attached hydrogens (tertiary/aromatic N) is 2. The van der Waals surface area contributed by atoms with Crippen LogP contribution in [0, 0.1) is 11.3 Å². The van der Waals surface area contributed by atoms with Crippen molar-refractivity contribution in [3.05, 3.63) is 34.7 Å². The van der Waals surface area contributed by atoms with Crippen LogP contribution in [0.4, 0.5) is 5.69 Å². The van der Waals surface area contributed by atoms with Gasteiger partial charge >= 0.3 is 0 Å².